The Morgan fingerprint density at radius 3 is 1.49 bits per heavy atom. The van der Waals surface area contributed by atoms with E-state index in [2.05, 4.69) is 96.4 Å². The summed E-state index contributed by atoms with van der Waals surface area (Å²) in [6.45, 7) is 8.76. The predicted molar refractivity (Wildman–Crippen MR) is 151 cm³/mol. The Morgan fingerprint density at radius 1 is 0.541 bits per heavy atom. The average molecular weight is 494 g/mol. The Kier molecular flexibility index (Phi) is 7.21. The molecule has 5 aromatic rings. The van der Waals surface area contributed by atoms with Gasteiger partial charge in [-0.1, -0.05) is 24.3 Å². The van der Waals surface area contributed by atoms with Crippen LogP contribution in [-0.4, -0.2) is 51.1 Å². The summed E-state index contributed by atoms with van der Waals surface area (Å²) in [6, 6.07) is 16.6. The van der Waals surface area contributed by atoms with Gasteiger partial charge in [0.2, 0.25) is 11.9 Å². The Bertz CT molecular complexity index is 1420. The maximum Gasteiger partial charge on any atom is 0.227 e. The molecule has 4 N–H and O–H groups in total. The van der Waals surface area contributed by atoms with Crippen molar-refractivity contribution < 1.29 is 0 Å². The van der Waals surface area contributed by atoms with Gasteiger partial charge in [-0.25, -0.2) is 0 Å². The predicted octanol–water partition coefficient (Wildman–Crippen LogP) is 4.94. The molecule has 0 spiro atoms. The van der Waals surface area contributed by atoms with Crippen molar-refractivity contribution in [1.29, 1.82) is 0 Å². The van der Waals surface area contributed by atoms with Gasteiger partial charge < -0.3 is 21.3 Å². The highest BCUT2D eigenvalue weighted by Crippen LogP contribution is 2.23. The molecule has 3 aromatic heterocycles. The summed E-state index contributed by atoms with van der Waals surface area (Å²) in [7, 11) is 0. The first-order valence-electron chi connectivity index (χ1n) is 12.4. The van der Waals surface area contributed by atoms with Crippen LogP contribution >= 0.6 is 0 Å². The molecule has 0 fully saturated rings. The van der Waals surface area contributed by atoms with E-state index in [1.165, 1.54) is 11.1 Å². The van der Waals surface area contributed by atoms with Crippen LogP contribution in [0.15, 0.2) is 60.9 Å². The molecule has 0 aliphatic rings. The molecule has 5 rings (SSSR count). The zero-order chi connectivity index (χ0) is 25.6. The summed E-state index contributed by atoms with van der Waals surface area (Å²) < 4.78 is 0. The van der Waals surface area contributed by atoms with Crippen LogP contribution in [0.2, 0.25) is 0 Å². The van der Waals surface area contributed by atoms with Gasteiger partial charge in [0.15, 0.2) is 0 Å². The molecule has 0 aliphatic carbocycles. The number of nitrogens with zero attached hydrogens (tertiary/aromatic N) is 5. The maximum absolute atomic E-state index is 4.52. The first-order chi connectivity index (χ1) is 18.0. The van der Waals surface area contributed by atoms with E-state index in [1.54, 1.807) is 0 Å². The molecule has 0 amide bonds. The van der Waals surface area contributed by atoms with Crippen LogP contribution < -0.4 is 21.3 Å². The van der Waals surface area contributed by atoms with Gasteiger partial charge in [0.05, 0.1) is 11.0 Å². The van der Waals surface area contributed by atoms with Crippen LogP contribution in [0.4, 0.5) is 23.3 Å². The number of benzene rings is 2. The molecule has 0 unspecified atom stereocenters. The second kappa shape index (κ2) is 11.0. The Morgan fingerprint density at radius 2 is 1.00 bits per heavy atom. The third kappa shape index (κ3) is 6.00. The lowest BCUT2D eigenvalue weighted by atomic mass is 10.1. The molecule has 0 saturated carbocycles. The van der Waals surface area contributed by atoms with Gasteiger partial charge in [0.25, 0.3) is 0 Å². The Labute approximate surface area is 216 Å². The van der Waals surface area contributed by atoms with Crippen molar-refractivity contribution in [3.63, 3.8) is 0 Å². The molecule has 0 radical (unpaired) electrons. The number of pyridine rings is 2. The third-order valence-corrected chi connectivity index (χ3v) is 5.99. The number of anilines is 4. The minimum Gasteiger partial charge on any atom is -0.383 e. The third-order valence-electron chi connectivity index (χ3n) is 5.99. The quantitative estimate of drug-likeness (QED) is 0.201. The molecule has 0 aliphatic heterocycles. The number of fused-ring (bicyclic) bond motifs is 2. The van der Waals surface area contributed by atoms with E-state index in [0.29, 0.717) is 43.9 Å². The minimum absolute atomic E-state index is 0.551. The summed E-state index contributed by atoms with van der Waals surface area (Å²) in [5, 5.41) is 15.8. The van der Waals surface area contributed by atoms with Crippen molar-refractivity contribution in [2.24, 2.45) is 0 Å². The molecule has 9 nitrogen and oxygen atoms in total. The smallest absolute Gasteiger partial charge is 0.227 e. The van der Waals surface area contributed by atoms with Gasteiger partial charge in [-0.15, -0.1) is 0 Å². The van der Waals surface area contributed by atoms with Crippen LogP contribution in [0.5, 0.6) is 0 Å². The lowest BCUT2D eigenvalue weighted by Gasteiger charge is -2.12. The normalized spacial score (nSPS) is 11.0. The molecular weight excluding hydrogens is 462 g/mol. The summed E-state index contributed by atoms with van der Waals surface area (Å²) in [4.78, 5) is 22.3. The highest BCUT2D eigenvalue weighted by atomic mass is 15.2. The topological polar surface area (TPSA) is 113 Å². The SMILES string of the molecule is Cc1ccc2c(NCCNc3nc(C)nc(NCCNc4ccnc5cc(C)ccc45)n3)ccnc2c1. The number of aromatic nitrogens is 5. The van der Waals surface area contributed by atoms with Crippen LogP contribution in [0, 0.1) is 20.8 Å². The van der Waals surface area contributed by atoms with Gasteiger partial charge in [-0.05, 0) is 56.2 Å². The number of aryl methyl sites for hydroxylation is 3. The standard InChI is InChI=1S/C28H31N9/c1-18-4-6-21-23(8-10-29-25(21)16-18)31-12-14-33-27-35-20(3)36-28(37-27)34-15-13-32-24-9-11-30-26-17-19(2)5-7-22(24)26/h4-11,16-17H,12-15H2,1-3H3,(H,29,31)(H,30,32)(H2,33,34,35,36,37). The Balaban J connectivity index is 1.12. The van der Waals surface area contributed by atoms with Gasteiger partial charge in [0, 0.05) is 60.7 Å². The van der Waals surface area contributed by atoms with E-state index in [4.69, 9.17) is 0 Å². The first kappa shape index (κ1) is 24.2. The fraction of sp³-hybridized carbons (Fsp3) is 0.250. The van der Waals surface area contributed by atoms with E-state index in [1.807, 2.05) is 31.5 Å². The van der Waals surface area contributed by atoms with Crippen molar-refractivity contribution in [3.8, 4) is 0 Å². The maximum atomic E-state index is 4.52. The lowest BCUT2D eigenvalue weighted by molar-refractivity contribution is 0.933. The van der Waals surface area contributed by atoms with E-state index in [-0.39, 0.29) is 0 Å². The number of nitrogens with one attached hydrogen (secondary N) is 4. The zero-order valence-corrected chi connectivity index (χ0v) is 21.3. The van der Waals surface area contributed by atoms with Gasteiger partial charge in [-0.2, -0.15) is 15.0 Å². The molecule has 0 atom stereocenters. The molecule has 0 bridgehead atoms. The van der Waals surface area contributed by atoms with E-state index < -0.39 is 0 Å². The highest BCUT2D eigenvalue weighted by molar-refractivity contribution is 5.92. The average Bonchev–Trinajstić information content (AvgIpc) is 2.88. The van der Waals surface area contributed by atoms with Crippen molar-refractivity contribution in [1.82, 2.24) is 24.9 Å². The van der Waals surface area contributed by atoms with Gasteiger partial charge in [-0.3, -0.25) is 9.97 Å². The molecule has 2 aromatic carbocycles. The molecule has 9 heteroatoms. The second-order valence-corrected chi connectivity index (χ2v) is 9.00. The molecular formula is C28H31N9. The molecule has 0 saturated heterocycles. The fourth-order valence-electron chi connectivity index (χ4n) is 4.21. The molecule has 37 heavy (non-hydrogen) atoms. The summed E-state index contributed by atoms with van der Waals surface area (Å²) >= 11 is 0. The van der Waals surface area contributed by atoms with E-state index >= 15 is 0 Å². The fourth-order valence-corrected chi connectivity index (χ4v) is 4.21. The zero-order valence-electron chi connectivity index (χ0n) is 21.3. The second-order valence-electron chi connectivity index (χ2n) is 9.00. The first-order valence-corrected chi connectivity index (χ1v) is 12.4. The van der Waals surface area contributed by atoms with Gasteiger partial charge in [0.1, 0.15) is 5.82 Å². The van der Waals surface area contributed by atoms with Crippen molar-refractivity contribution in [2.75, 3.05) is 47.4 Å². The van der Waals surface area contributed by atoms with Crippen LogP contribution in [0.1, 0.15) is 17.0 Å². The summed E-state index contributed by atoms with van der Waals surface area (Å²) in [5.41, 5.74) is 6.50. The van der Waals surface area contributed by atoms with Crippen LogP contribution in [0.25, 0.3) is 21.8 Å². The number of hydrogen-bond acceptors (Lipinski definition) is 9. The Hall–Kier alpha value is -4.53. The monoisotopic (exact) mass is 493 g/mol. The largest absolute Gasteiger partial charge is 0.383 e. The highest BCUT2D eigenvalue weighted by Gasteiger charge is 2.06. The number of hydrogen-bond donors (Lipinski definition) is 4. The lowest BCUT2D eigenvalue weighted by Crippen LogP contribution is -2.18. The minimum atomic E-state index is 0.551. The number of rotatable bonds is 10. The van der Waals surface area contributed by atoms with Crippen molar-refractivity contribution in [3.05, 3.63) is 77.9 Å². The van der Waals surface area contributed by atoms with Crippen molar-refractivity contribution in [2.45, 2.75) is 20.8 Å². The van der Waals surface area contributed by atoms with Gasteiger partial charge >= 0.3 is 0 Å². The summed E-state index contributed by atoms with van der Waals surface area (Å²) in [6.07, 6.45) is 3.66. The molecule has 188 valence electrons. The summed E-state index contributed by atoms with van der Waals surface area (Å²) in [5.74, 6) is 1.76. The van der Waals surface area contributed by atoms with E-state index in [9.17, 15) is 0 Å². The van der Waals surface area contributed by atoms with Crippen molar-refractivity contribution >= 4 is 45.1 Å². The molecule has 3 heterocycles. The van der Waals surface area contributed by atoms with E-state index in [0.717, 1.165) is 33.2 Å². The van der Waals surface area contributed by atoms with Crippen LogP contribution in [-0.2, 0) is 0 Å². The van der Waals surface area contributed by atoms with Crippen LogP contribution in [0.3, 0.4) is 0 Å².